The number of amides is 1. The van der Waals surface area contributed by atoms with E-state index in [9.17, 15) is 9.90 Å². The van der Waals surface area contributed by atoms with Crippen LogP contribution in [0.2, 0.25) is 0 Å². The molecule has 3 aromatic carbocycles. The highest BCUT2D eigenvalue weighted by molar-refractivity contribution is 5.96. The molecule has 4 aromatic rings. The molecule has 7 heteroatoms. The van der Waals surface area contributed by atoms with Gasteiger partial charge in [0.2, 0.25) is 5.91 Å². The van der Waals surface area contributed by atoms with Gasteiger partial charge in [0.1, 0.15) is 30.0 Å². The number of aromatic nitrogens is 2. The third-order valence-corrected chi connectivity index (χ3v) is 6.69. The van der Waals surface area contributed by atoms with Gasteiger partial charge in [-0.1, -0.05) is 35.9 Å². The van der Waals surface area contributed by atoms with Crippen molar-refractivity contribution in [2.45, 2.75) is 38.8 Å². The van der Waals surface area contributed by atoms with Gasteiger partial charge in [-0.15, -0.1) is 0 Å². The fraction of sp³-hybridized carbons (Fsp3) is 0.310. The normalized spacial score (nSPS) is 16.5. The third-order valence-electron chi connectivity index (χ3n) is 6.69. The molecule has 36 heavy (non-hydrogen) atoms. The van der Waals surface area contributed by atoms with E-state index < -0.39 is 6.10 Å². The molecule has 1 fully saturated rings. The fourth-order valence-electron chi connectivity index (χ4n) is 4.92. The molecule has 2 heterocycles. The van der Waals surface area contributed by atoms with Crippen LogP contribution in [0.1, 0.15) is 29.3 Å². The van der Waals surface area contributed by atoms with Crippen molar-refractivity contribution in [1.82, 2.24) is 9.55 Å². The number of hydrogen-bond donors (Lipinski definition) is 1. The maximum Gasteiger partial charge on any atom is 0.227 e. The summed E-state index contributed by atoms with van der Waals surface area (Å²) in [6.45, 7) is 5.05. The van der Waals surface area contributed by atoms with Crippen LogP contribution in [-0.4, -0.2) is 46.9 Å². The number of ether oxygens (including phenoxy) is 2. The molecule has 0 bridgehead atoms. The van der Waals surface area contributed by atoms with Crippen molar-refractivity contribution in [2.24, 2.45) is 0 Å². The molecular formula is C29H31N3O4. The molecule has 186 valence electrons. The minimum absolute atomic E-state index is 0.0468. The minimum Gasteiger partial charge on any atom is -0.497 e. The second kappa shape index (κ2) is 10.0. The first-order chi connectivity index (χ1) is 17.4. The van der Waals surface area contributed by atoms with E-state index in [1.807, 2.05) is 79.1 Å². The van der Waals surface area contributed by atoms with Crippen molar-refractivity contribution < 1.29 is 19.4 Å². The average molecular weight is 486 g/mol. The number of nitrogens with zero attached hydrogens (tertiary/aromatic N) is 3. The SMILES string of the molecule is COc1cccc(N2C[C@H](c3nc4ccccc4n3C[C@H](O)COc3ccc(C)cc3C)CC2=O)c1. The second-order valence-corrected chi connectivity index (χ2v) is 9.41. The Morgan fingerprint density at radius 1 is 1.08 bits per heavy atom. The molecule has 0 unspecified atom stereocenters. The number of hydrogen-bond acceptors (Lipinski definition) is 5. The van der Waals surface area contributed by atoms with Crippen LogP contribution in [0.4, 0.5) is 5.69 Å². The number of fused-ring (bicyclic) bond motifs is 1. The summed E-state index contributed by atoms with van der Waals surface area (Å²) in [5.74, 6) is 2.24. The van der Waals surface area contributed by atoms with E-state index in [1.54, 1.807) is 12.0 Å². The van der Waals surface area contributed by atoms with Crippen molar-refractivity contribution >= 4 is 22.6 Å². The molecule has 1 N–H and O–H groups in total. The summed E-state index contributed by atoms with van der Waals surface area (Å²) in [6.07, 6.45) is -0.385. The molecule has 2 atom stereocenters. The molecule has 5 rings (SSSR count). The van der Waals surface area contributed by atoms with Gasteiger partial charge >= 0.3 is 0 Å². The first-order valence-electron chi connectivity index (χ1n) is 12.2. The van der Waals surface area contributed by atoms with Gasteiger partial charge in [-0.2, -0.15) is 0 Å². The lowest BCUT2D eigenvalue weighted by Gasteiger charge is -2.19. The predicted octanol–water partition coefficient (Wildman–Crippen LogP) is 4.62. The zero-order valence-electron chi connectivity index (χ0n) is 20.8. The molecule has 0 spiro atoms. The number of para-hydroxylation sites is 2. The Kier molecular flexibility index (Phi) is 6.65. The number of carbonyl (C=O) groups excluding carboxylic acids is 1. The maximum absolute atomic E-state index is 13.0. The monoisotopic (exact) mass is 485 g/mol. The summed E-state index contributed by atoms with van der Waals surface area (Å²) in [5, 5.41) is 10.9. The third kappa shape index (κ3) is 4.79. The van der Waals surface area contributed by atoms with Crippen LogP contribution in [-0.2, 0) is 11.3 Å². The van der Waals surface area contributed by atoms with Gasteiger partial charge in [0.15, 0.2) is 0 Å². The van der Waals surface area contributed by atoms with E-state index in [4.69, 9.17) is 14.5 Å². The van der Waals surface area contributed by atoms with Crippen LogP contribution >= 0.6 is 0 Å². The van der Waals surface area contributed by atoms with E-state index >= 15 is 0 Å². The molecule has 0 radical (unpaired) electrons. The molecule has 1 aliphatic heterocycles. The number of anilines is 1. The summed E-state index contributed by atoms with van der Waals surface area (Å²) >= 11 is 0. The van der Waals surface area contributed by atoms with E-state index in [0.717, 1.165) is 33.9 Å². The van der Waals surface area contributed by atoms with Gasteiger partial charge in [-0.05, 0) is 49.7 Å². The van der Waals surface area contributed by atoms with Gasteiger partial charge in [0.05, 0.1) is 24.7 Å². The lowest BCUT2D eigenvalue weighted by Crippen LogP contribution is -2.26. The van der Waals surface area contributed by atoms with Crippen molar-refractivity contribution in [3.05, 3.63) is 83.7 Å². The van der Waals surface area contributed by atoms with Gasteiger partial charge < -0.3 is 24.0 Å². The van der Waals surface area contributed by atoms with Crippen LogP contribution in [0.15, 0.2) is 66.7 Å². The van der Waals surface area contributed by atoms with Crippen molar-refractivity contribution in [1.29, 1.82) is 0 Å². The predicted molar refractivity (Wildman–Crippen MR) is 140 cm³/mol. The topological polar surface area (TPSA) is 76.8 Å². The standard InChI is InChI=1S/C29H31N3O4/c1-19-11-12-27(20(2)13-19)36-18-23(33)17-32-26-10-5-4-9-25(26)30-29(32)21-14-28(34)31(16-21)22-7-6-8-24(15-22)35-3/h4-13,15,21,23,33H,14,16-18H2,1-3H3/t21-,23+/m1/s1. The van der Waals surface area contributed by atoms with Crippen molar-refractivity contribution in [3.63, 3.8) is 0 Å². The number of rotatable bonds is 8. The molecule has 1 saturated heterocycles. The van der Waals surface area contributed by atoms with Crippen LogP contribution in [0.3, 0.4) is 0 Å². The van der Waals surface area contributed by atoms with Crippen LogP contribution in [0, 0.1) is 13.8 Å². The Hall–Kier alpha value is -3.84. The van der Waals surface area contributed by atoms with Gasteiger partial charge in [-0.25, -0.2) is 4.98 Å². The number of benzene rings is 3. The second-order valence-electron chi connectivity index (χ2n) is 9.41. The summed E-state index contributed by atoms with van der Waals surface area (Å²) in [4.78, 5) is 19.7. The first-order valence-corrected chi connectivity index (χ1v) is 12.2. The highest BCUT2D eigenvalue weighted by Crippen LogP contribution is 2.34. The quantitative estimate of drug-likeness (QED) is 0.394. The molecule has 1 aliphatic rings. The van der Waals surface area contributed by atoms with Crippen LogP contribution in [0.25, 0.3) is 11.0 Å². The molecule has 7 nitrogen and oxygen atoms in total. The Balaban J connectivity index is 1.38. The molecule has 1 aromatic heterocycles. The Morgan fingerprint density at radius 2 is 1.92 bits per heavy atom. The average Bonchev–Trinajstić information content (AvgIpc) is 3.44. The smallest absolute Gasteiger partial charge is 0.227 e. The fourth-order valence-corrected chi connectivity index (χ4v) is 4.92. The first kappa shape index (κ1) is 23.9. The van der Waals surface area contributed by atoms with Crippen molar-refractivity contribution in [3.8, 4) is 11.5 Å². The number of imidazole rings is 1. The molecule has 0 saturated carbocycles. The number of aliphatic hydroxyl groups is 1. The van der Waals surface area contributed by atoms with Gasteiger partial charge in [0.25, 0.3) is 0 Å². The summed E-state index contributed by atoms with van der Waals surface area (Å²) < 4.78 is 13.3. The Morgan fingerprint density at radius 3 is 2.72 bits per heavy atom. The lowest BCUT2D eigenvalue weighted by molar-refractivity contribution is -0.117. The van der Waals surface area contributed by atoms with E-state index in [1.165, 1.54) is 5.56 Å². The van der Waals surface area contributed by atoms with E-state index in [0.29, 0.717) is 25.3 Å². The molecule has 1 amide bonds. The Labute approximate surface area is 210 Å². The largest absolute Gasteiger partial charge is 0.497 e. The highest BCUT2D eigenvalue weighted by Gasteiger charge is 2.35. The summed E-state index contributed by atoms with van der Waals surface area (Å²) in [5.41, 5.74) is 4.81. The number of aryl methyl sites for hydroxylation is 2. The summed E-state index contributed by atoms with van der Waals surface area (Å²) in [7, 11) is 1.62. The number of carbonyl (C=O) groups is 1. The number of aliphatic hydroxyl groups excluding tert-OH is 1. The zero-order valence-corrected chi connectivity index (χ0v) is 20.8. The van der Waals surface area contributed by atoms with Crippen LogP contribution < -0.4 is 14.4 Å². The minimum atomic E-state index is -0.742. The van der Waals surface area contributed by atoms with Crippen molar-refractivity contribution in [2.75, 3.05) is 25.2 Å². The van der Waals surface area contributed by atoms with Gasteiger partial charge in [0, 0.05) is 30.6 Å². The van der Waals surface area contributed by atoms with E-state index in [-0.39, 0.29) is 18.4 Å². The highest BCUT2D eigenvalue weighted by atomic mass is 16.5. The van der Waals surface area contributed by atoms with Crippen LogP contribution in [0.5, 0.6) is 11.5 Å². The van der Waals surface area contributed by atoms with Gasteiger partial charge in [-0.3, -0.25) is 4.79 Å². The molecule has 0 aliphatic carbocycles. The molecular weight excluding hydrogens is 454 g/mol. The Bertz CT molecular complexity index is 1400. The summed E-state index contributed by atoms with van der Waals surface area (Å²) in [6, 6.07) is 21.4. The lowest BCUT2D eigenvalue weighted by atomic mass is 10.1. The van der Waals surface area contributed by atoms with E-state index in [2.05, 4.69) is 6.07 Å². The zero-order chi connectivity index (χ0) is 25.2. The number of methoxy groups -OCH3 is 1. The maximum atomic E-state index is 13.0.